The zero-order valence-corrected chi connectivity index (χ0v) is 10.5. The lowest BCUT2D eigenvalue weighted by Gasteiger charge is -2.06. The number of hydrogen-bond donors (Lipinski definition) is 1. The molecule has 0 aliphatic rings. The molecule has 0 spiro atoms. The topological polar surface area (TPSA) is 20.2 Å². The first-order valence-electron chi connectivity index (χ1n) is 6.13. The van der Waals surface area contributed by atoms with Gasteiger partial charge in [0.2, 0.25) is 0 Å². The highest BCUT2D eigenvalue weighted by Crippen LogP contribution is 2.28. The molecule has 0 bridgehead atoms. The Labute approximate surface area is 110 Å². The molecule has 2 heteroatoms. The monoisotopic (exact) mass is 252 g/mol. The molecule has 0 aliphatic heterocycles. The van der Waals surface area contributed by atoms with Crippen molar-refractivity contribution in [1.29, 1.82) is 0 Å². The van der Waals surface area contributed by atoms with E-state index in [9.17, 15) is 9.50 Å². The van der Waals surface area contributed by atoms with Crippen LogP contribution in [-0.4, -0.2) is 5.11 Å². The second-order valence-electron chi connectivity index (χ2n) is 4.73. The van der Waals surface area contributed by atoms with Crippen LogP contribution in [0.5, 0.6) is 5.75 Å². The first kappa shape index (κ1) is 11.7. The van der Waals surface area contributed by atoms with Gasteiger partial charge in [-0.3, -0.25) is 0 Å². The number of phenols is 1. The SMILES string of the molecule is Cc1ccc2ccc(-c3ccc(O)cc3F)cc2c1. The van der Waals surface area contributed by atoms with Gasteiger partial charge < -0.3 is 5.11 Å². The second kappa shape index (κ2) is 4.39. The van der Waals surface area contributed by atoms with Crippen molar-refractivity contribution in [1.82, 2.24) is 0 Å². The van der Waals surface area contributed by atoms with Gasteiger partial charge in [0.05, 0.1) is 0 Å². The molecule has 0 saturated heterocycles. The summed E-state index contributed by atoms with van der Waals surface area (Å²) in [6.07, 6.45) is 0. The molecule has 3 rings (SSSR count). The maximum atomic E-state index is 13.9. The summed E-state index contributed by atoms with van der Waals surface area (Å²) in [5, 5.41) is 11.5. The minimum atomic E-state index is -0.410. The number of aryl methyl sites for hydroxylation is 1. The Morgan fingerprint density at radius 3 is 2.42 bits per heavy atom. The predicted molar refractivity (Wildman–Crippen MR) is 75.7 cm³/mol. The fourth-order valence-corrected chi connectivity index (χ4v) is 2.27. The number of benzene rings is 3. The van der Waals surface area contributed by atoms with Gasteiger partial charge in [-0.2, -0.15) is 0 Å². The molecule has 0 unspecified atom stereocenters. The second-order valence-corrected chi connectivity index (χ2v) is 4.73. The van der Waals surface area contributed by atoms with Crippen molar-refractivity contribution in [3.63, 3.8) is 0 Å². The average molecular weight is 252 g/mol. The fourth-order valence-electron chi connectivity index (χ4n) is 2.27. The molecule has 0 aliphatic carbocycles. The quantitative estimate of drug-likeness (QED) is 0.667. The molecule has 0 heterocycles. The van der Waals surface area contributed by atoms with Crippen LogP contribution in [-0.2, 0) is 0 Å². The molecule has 3 aromatic rings. The van der Waals surface area contributed by atoms with Crippen molar-refractivity contribution in [2.75, 3.05) is 0 Å². The van der Waals surface area contributed by atoms with E-state index < -0.39 is 5.82 Å². The van der Waals surface area contributed by atoms with Crippen molar-refractivity contribution in [2.24, 2.45) is 0 Å². The molecular formula is C17H13FO. The third kappa shape index (κ3) is 2.17. The van der Waals surface area contributed by atoms with E-state index in [1.165, 1.54) is 11.6 Å². The van der Waals surface area contributed by atoms with Gasteiger partial charge in [-0.1, -0.05) is 35.9 Å². The Morgan fingerprint density at radius 1 is 0.842 bits per heavy atom. The molecule has 0 amide bonds. The third-order valence-electron chi connectivity index (χ3n) is 3.26. The van der Waals surface area contributed by atoms with Crippen molar-refractivity contribution in [3.05, 3.63) is 66.0 Å². The Morgan fingerprint density at radius 2 is 1.63 bits per heavy atom. The smallest absolute Gasteiger partial charge is 0.134 e. The zero-order chi connectivity index (χ0) is 13.4. The molecule has 19 heavy (non-hydrogen) atoms. The lowest BCUT2D eigenvalue weighted by atomic mass is 10.00. The summed E-state index contributed by atoms with van der Waals surface area (Å²) < 4.78 is 13.9. The maximum Gasteiger partial charge on any atom is 0.134 e. The minimum absolute atomic E-state index is 0.0575. The number of halogens is 1. The highest BCUT2D eigenvalue weighted by atomic mass is 19.1. The van der Waals surface area contributed by atoms with Gasteiger partial charge in [-0.05, 0) is 41.5 Å². The average Bonchev–Trinajstić information content (AvgIpc) is 2.38. The summed E-state index contributed by atoms with van der Waals surface area (Å²) in [6, 6.07) is 16.3. The van der Waals surface area contributed by atoms with Crippen LogP contribution in [0.15, 0.2) is 54.6 Å². The molecule has 0 aromatic heterocycles. The van der Waals surface area contributed by atoms with E-state index in [-0.39, 0.29) is 5.75 Å². The van der Waals surface area contributed by atoms with Crippen LogP contribution in [0.3, 0.4) is 0 Å². The van der Waals surface area contributed by atoms with Gasteiger partial charge in [0.15, 0.2) is 0 Å². The summed E-state index contributed by atoms with van der Waals surface area (Å²) in [5.74, 6) is -0.468. The van der Waals surface area contributed by atoms with Crippen molar-refractivity contribution in [3.8, 4) is 16.9 Å². The molecule has 0 radical (unpaired) electrons. The van der Waals surface area contributed by atoms with Crippen LogP contribution in [0, 0.1) is 12.7 Å². The Kier molecular flexibility index (Phi) is 2.71. The van der Waals surface area contributed by atoms with E-state index >= 15 is 0 Å². The van der Waals surface area contributed by atoms with Gasteiger partial charge >= 0.3 is 0 Å². The molecular weight excluding hydrogens is 239 g/mol. The fraction of sp³-hybridized carbons (Fsp3) is 0.0588. The third-order valence-corrected chi connectivity index (χ3v) is 3.26. The first-order valence-corrected chi connectivity index (χ1v) is 6.13. The summed E-state index contributed by atoms with van der Waals surface area (Å²) in [7, 11) is 0. The Hall–Kier alpha value is -2.35. The van der Waals surface area contributed by atoms with E-state index in [1.54, 1.807) is 6.07 Å². The van der Waals surface area contributed by atoms with Gasteiger partial charge in [-0.15, -0.1) is 0 Å². The largest absolute Gasteiger partial charge is 0.508 e. The summed E-state index contributed by atoms with van der Waals surface area (Å²) in [5.41, 5.74) is 2.49. The molecule has 0 saturated carbocycles. The van der Waals surface area contributed by atoms with E-state index in [1.807, 2.05) is 25.1 Å². The summed E-state index contributed by atoms with van der Waals surface area (Å²) in [6.45, 7) is 2.03. The molecule has 3 aromatic carbocycles. The molecule has 0 fully saturated rings. The van der Waals surface area contributed by atoms with Crippen LogP contribution >= 0.6 is 0 Å². The Bertz CT molecular complexity index is 762. The predicted octanol–water partition coefficient (Wildman–Crippen LogP) is 4.66. The lowest BCUT2D eigenvalue weighted by molar-refractivity contribution is 0.469. The highest BCUT2D eigenvalue weighted by molar-refractivity contribution is 5.88. The number of rotatable bonds is 1. The number of fused-ring (bicyclic) bond motifs is 1. The van der Waals surface area contributed by atoms with E-state index in [0.717, 1.165) is 22.4 Å². The standard InChI is InChI=1S/C17H13FO/c1-11-2-3-12-4-5-13(9-14(12)8-11)16-7-6-15(19)10-17(16)18/h2-10,19H,1H3. The van der Waals surface area contributed by atoms with Crippen LogP contribution in [0.4, 0.5) is 4.39 Å². The molecule has 1 N–H and O–H groups in total. The van der Waals surface area contributed by atoms with Gasteiger partial charge in [0.25, 0.3) is 0 Å². The molecule has 1 nitrogen and oxygen atoms in total. The highest BCUT2D eigenvalue weighted by Gasteiger charge is 2.06. The first-order chi connectivity index (χ1) is 9.13. The van der Waals surface area contributed by atoms with Crippen LogP contribution in [0.1, 0.15) is 5.56 Å². The van der Waals surface area contributed by atoms with Crippen LogP contribution in [0.2, 0.25) is 0 Å². The van der Waals surface area contributed by atoms with E-state index in [4.69, 9.17) is 0 Å². The van der Waals surface area contributed by atoms with Crippen LogP contribution < -0.4 is 0 Å². The van der Waals surface area contributed by atoms with Crippen LogP contribution in [0.25, 0.3) is 21.9 Å². The molecule has 0 atom stereocenters. The van der Waals surface area contributed by atoms with E-state index in [2.05, 4.69) is 18.2 Å². The van der Waals surface area contributed by atoms with Crippen molar-refractivity contribution in [2.45, 2.75) is 6.92 Å². The van der Waals surface area contributed by atoms with Gasteiger partial charge in [0.1, 0.15) is 11.6 Å². The summed E-state index contributed by atoms with van der Waals surface area (Å²) in [4.78, 5) is 0. The van der Waals surface area contributed by atoms with Crippen molar-refractivity contribution < 1.29 is 9.50 Å². The minimum Gasteiger partial charge on any atom is -0.508 e. The van der Waals surface area contributed by atoms with Gasteiger partial charge in [-0.25, -0.2) is 4.39 Å². The van der Waals surface area contributed by atoms with E-state index in [0.29, 0.717) is 5.56 Å². The lowest BCUT2D eigenvalue weighted by Crippen LogP contribution is -1.85. The van der Waals surface area contributed by atoms with Gasteiger partial charge in [0, 0.05) is 11.6 Å². The molecule has 94 valence electrons. The number of phenolic OH excluding ortho intramolecular Hbond substituents is 1. The number of hydrogen-bond acceptors (Lipinski definition) is 1. The Balaban J connectivity index is 2.19. The zero-order valence-electron chi connectivity index (χ0n) is 10.5. The normalized spacial score (nSPS) is 10.8. The van der Waals surface area contributed by atoms with Crippen molar-refractivity contribution >= 4 is 10.8 Å². The summed E-state index contributed by atoms with van der Waals surface area (Å²) >= 11 is 0. The maximum absolute atomic E-state index is 13.9. The number of aromatic hydroxyl groups is 1.